The van der Waals surface area contributed by atoms with E-state index in [0.717, 1.165) is 13.1 Å². The maximum Gasteiger partial charge on any atom is 0.409 e. The Bertz CT molecular complexity index is 153. The predicted octanol–water partition coefficient (Wildman–Crippen LogP) is 1.51. The first-order chi connectivity index (χ1) is 5.15. The molecule has 1 amide bonds. The van der Waals surface area contributed by atoms with Crippen molar-refractivity contribution in [2.45, 2.75) is 10.8 Å². The summed E-state index contributed by atoms with van der Waals surface area (Å²) in [5, 5.41) is 0. The minimum atomic E-state index is -0.198. The van der Waals surface area contributed by atoms with E-state index in [1.54, 1.807) is 4.90 Å². The quantitative estimate of drug-likeness (QED) is 0.493. The smallest absolute Gasteiger partial charge is 0.409 e. The summed E-state index contributed by atoms with van der Waals surface area (Å²) in [6, 6.07) is 0. The molecule has 0 aromatic heterocycles. The second kappa shape index (κ2) is 3.60. The fourth-order valence-electron chi connectivity index (χ4n) is 1.21. The lowest BCUT2D eigenvalue weighted by Gasteiger charge is -2.12. The summed E-state index contributed by atoms with van der Waals surface area (Å²) in [6.07, 6.45) is -0.198. The number of carbonyl (C=O) groups is 1. The van der Waals surface area contributed by atoms with Crippen LogP contribution in [-0.4, -0.2) is 35.1 Å². The van der Waals surface area contributed by atoms with Crippen molar-refractivity contribution < 1.29 is 9.53 Å². The standard InChI is InChI=1S/C7H12INO2/c1-5-3-9(4-6(5)8)7(10)11-2/h5-6H,3-4H2,1-2H3. The molecule has 2 unspecified atom stereocenters. The van der Waals surface area contributed by atoms with Gasteiger partial charge in [-0.2, -0.15) is 0 Å². The second-order valence-corrected chi connectivity index (χ2v) is 4.47. The Kier molecular flexibility index (Phi) is 2.98. The van der Waals surface area contributed by atoms with E-state index >= 15 is 0 Å². The molecule has 0 aromatic carbocycles. The number of nitrogens with zero attached hydrogens (tertiary/aromatic N) is 1. The Hall–Kier alpha value is 0. The molecule has 0 bridgehead atoms. The molecule has 1 fully saturated rings. The summed E-state index contributed by atoms with van der Waals surface area (Å²) < 4.78 is 5.19. The molecule has 1 rings (SSSR count). The summed E-state index contributed by atoms with van der Waals surface area (Å²) in [4.78, 5) is 12.8. The van der Waals surface area contributed by atoms with E-state index in [1.807, 2.05) is 0 Å². The van der Waals surface area contributed by atoms with Crippen LogP contribution in [0.2, 0.25) is 0 Å². The van der Waals surface area contributed by atoms with E-state index in [9.17, 15) is 4.79 Å². The monoisotopic (exact) mass is 269 g/mol. The molecule has 0 aliphatic carbocycles. The van der Waals surface area contributed by atoms with Crippen molar-refractivity contribution in [3.8, 4) is 0 Å². The van der Waals surface area contributed by atoms with Gasteiger partial charge in [0.1, 0.15) is 0 Å². The molecule has 2 atom stereocenters. The minimum Gasteiger partial charge on any atom is -0.453 e. The zero-order valence-electron chi connectivity index (χ0n) is 6.71. The molecule has 0 saturated carbocycles. The maximum absolute atomic E-state index is 11.0. The maximum atomic E-state index is 11.0. The van der Waals surface area contributed by atoms with Gasteiger partial charge in [-0.3, -0.25) is 0 Å². The van der Waals surface area contributed by atoms with Crippen LogP contribution in [0.3, 0.4) is 0 Å². The number of amides is 1. The van der Waals surface area contributed by atoms with E-state index in [0.29, 0.717) is 9.84 Å². The third kappa shape index (κ3) is 1.98. The van der Waals surface area contributed by atoms with Crippen LogP contribution in [0.1, 0.15) is 6.92 Å². The Balaban J connectivity index is 2.46. The molecule has 1 heterocycles. The highest BCUT2D eigenvalue weighted by atomic mass is 127. The number of likely N-dealkylation sites (tertiary alicyclic amines) is 1. The lowest BCUT2D eigenvalue weighted by atomic mass is 10.2. The van der Waals surface area contributed by atoms with Crippen molar-refractivity contribution in [3.63, 3.8) is 0 Å². The van der Waals surface area contributed by atoms with Gasteiger partial charge in [0.2, 0.25) is 0 Å². The van der Waals surface area contributed by atoms with Gasteiger partial charge in [-0.15, -0.1) is 0 Å². The first-order valence-electron chi connectivity index (χ1n) is 3.62. The second-order valence-electron chi connectivity index (χ2n) is 2.87. The van der Waals surface area contributed by atoms with E-state index in [1.165, 1.54) is 7.11 Å². The number of hydrogen-bond acceptors (Lipinski definition) is 2. The average molecular weight is 269 g/mol. The molecule has 64 valence electrons. The van der Waals surface area contributed by atoms with Gasteiger partial charge in [-0.05, 0) is 5.92 Å². The van der Waals surface area contributed by atoms with Gasteiger partial charge in [-0.1, -0.05) is 29.5 Å². The predicted molar refractivity (Wildman–Crippen MR) is 51.0 cm³/mol. The van der Waals surface area contributed by atoms with Crippen molar-refractivity contribution in [2.24, 2.45) is 5.92 Å². The van der Waals surface area contributed by atoms with Crippen LogP contribution < -0.4 is 0 Å². The largest absolute Gasteiger partial charge is 0.453 e. The molecule has 0 N–H and O–H groups in total. The zero-order chi connectivity index (χ0) is 8.43. The van der Waals surface area contributed by atoms with Crippen LogP contribution in [0.4, 0.5) is 4.79 Å². The van der Waals surface area contributed by atoms with Crippen LogP contribution in [0, 0.1) is 5.92 Å². The lowest BCUT2D eigenvalue weighted by molar-refractivity contribution is 0.132. The third-order valence-corrected chi connectivity index (χ3v) is 3.58. The van der Waals surface area contributed by atoms with Crippen LogP contribution >= 0.6 is 22.6 Å². The van der Waals surface area contributed by atoms with E-state index in [2.05, 4.69) is 34.3 Å². The molecule has 1 saturated heterocycles. The van der Waals surface area contributed by atoms with Gasteiger partial charge in [0.05, 0.1) is 7.11 Å². The lowest BCUT2D eigenvalue weighted by Crippen LogP contribution is -2.28. The molecule has 4 heteroatoms. The van der Waals surface area contributed by atoms with Crippen LogP contribution in [0.15, 0.2) is 0 Å². The van der Waals surface area contributed by atoms with Gasteiger partial charge in [0.15, 0.2) is 0 Å². The van der Waals surface area contributed by atoms with Crippen molar-refractivity contribution in [3.05, 3.63) is 0 Å². The number of hydrogen-bond donors (Lipinski definition) is 0. The molecular weight excluding hydrogens is 257 g/mol. The SMILES string of the molecule is COC(=O)N1CC(C)C(I)C1. The Morgan fingerprint density at radius 3 is 2.64 bits per heavy atom. The molecule has 1 aliphatic heterocycles. The van der Waals surface area contributed by atoms with Crippen molar-refractivity contribution in [2.75, 3.05) is 20.2 Å². The van der Waals surface area contributed by atoms with Crippen LogP contribution in [0.5, 0.6) is 0 Å². The summed E-state index contributed by atoms with van der Waals surface area (Å²) in [5.74, 6) is 0.592. The van der Waals surface area contributed by atoms with E-state index in [-0.39, 0.29) is 6.09 Å². The van der Waals surface area contributed by atoms with Crippen molar-refractivity contribution in [1.82, 2.24) is 4.90 Å². The Labute approximate surface area is 80.2 Å². The highest BCUT2D eigenvalue weighted by Crippen LogP contribution is 2.23. The van der Waals surface area contributed by atoms with Gasteiger partial charge in [0.25, 0.3) is 0 Å². The molecule has 0 radical (unpaired) electrons. The highest BCUT2D eigenvalue weighted by Gasteiger charge is 2.30. The van der Waals surface area contributed by atoms with Gasteiger partial charge < -0.3 is 9.64 Å². The summed E-state index contributed by atoms with van der Waals surface area (Å²) in [7, 11) is 1.42. The minimum absolute atomic E-state index is 0.198. The topological polar surface area (TPSA) is 29.5 Å². The van der Waals surface area contributed by atoms with Gasteiger partial charge in [0, 0.05) is 17.0 Å². The molecular formula is C7H12INO2. The third-order valence-electron chi connectivity index (χ3n) is 1.95. The summed E-state index contributed by atoms with van der Waals surface area (Å²) in [5.41, 5.74) is 0. The first kappa shape index (κ1) is 9.09. The number of methoxy groups -OCH3 is 1. The Morgan fingerprint density at radius 2 is 2.27 bits per heavy atom. The van der Waals surface area contributed by atoms with Crippen LogP contribution in [-0.2, 0) is 4.74 Å². The van der Waals surface area contributed by atoms with Gasteiger partial charge >= 0.3 is 6.09 Å². The normalized spacial score (nSPS) is 30.6. The number of carbonyl (C=O) groups excluding carboxylic acids is 1. The van der Waals surface area contributed by atoms with Gasteiger partial charge in [-0.25, -0.2) is 4.79 Å². The molecule has 3 nitrogen and oxygen atoms in total. The molecule has 0 aromatic rings. The average Bonchev–Trinajstić information content (AvgIpc) is 2.31. The van der Waals surface area contributed by atoms with Crippen molar-refractivity contribution >= 4 is 28.7 Å². The molecule has 11 heavy (non-hydrogen) atoms. The van der Waals surface area contributed by atoms with E-state index < -0.39 is 0 Å². The van der Waals surface area contributed by atoms with E-state index in [4.69, 9.17) is 0 Å². The zero-order valence-corrected chi connectivity index (χ0v) is 8.87. The Morgan fingerprint density at radius 1 is 1.64 bits per heavy atom. The molecule has 1 aliphatic rings. The number of ether oxygens (including phenoxy) is 1. The fourth-order valence-corrected chi connectivity index (χ4v) is 1.91. The fraction of sp³-hybridized carbons (Fsp3) is 0.857. The van der Waals surface area contributed by atoms with Crippen molar-refractivity contribution in [1.29, 1.82) is 0 Å². The number of halogens is 1. The first-order valence-corrected chi connectivity index (χ1v) is 4.86. The number of alkyl halides is 1. The summed E-state index contributed by atoms with van der Waals surface area (Å²) in [6.45, 7) is 3.81. The summed E-state index contributed by atoms with van der Waals surface area (Å²) >= 11 is 2.37. The number of rotatable bonds is 0. The highest BCUT2D eigenvalue weighted by molar-refractivity contribution is 14.1. The molecule has 0 spiro atoms. The van der Waals surface area contributed by atoms with Crippen LogP contribution in [0.25, 0.3) is 0 Å².